The van der Waals surface area contributed by atoms with Gasteiger partial charge >= 0.3 is 0 Å². The van der Waals surface area contributed by atoms with Crippen molar-refractivity contribution in [3.63, 3.8) is 0 Å². The molecular formula is C23H32FNO2. The van der Waals surface area contributed by atoms with Crippen LogP contribution in [0, 0.1) is 11.2 Å². The lowest BCUT2D eigenvalue weighted by Gasteiger charge is -2.21. The summed E-state index contributed by atoms with van der Waals surface area (Å²) in [5.41, 5.74) is 8.50. The summed E-state index contributed by atoms with van der Waals surface area (Å²) < 4.78 is 19.1. The van der Waals surface area contributed by atoms with Crippen LogP contribution in [0.4, 0.5) is 4.39 Å². The van der Waals surface area contributed by atoms with Gasteiger partial charge in [0.05, 0.1) is 6.61 Å². The minimum Gasteiger partial charge on any atom is -0.507 e. The van der Waals surface area contributed by atoms with E-state index in [-0.39, 0.29) is 17.0 Å². The Labute approximate surface area is 162 Å². The molecule has 0 saturated heterocycles. The highest BCUT2D eigenvalue weighted by Gasteiger charge is 2.14. The molecule has 3 nitrogen and oxygen atoms in total. The highest BCUT2D eigenvalue weighted by molar-refractivity contribution is 5.72. The SMILES string of the molecule is CCc1cc(-c2ccc(F)cc2)c(O)cc1OCCCCCC(C)(C)CN. The molecule has 3 N–H and O–H groups in total. The lowest BCUT2D eigenvalue weighted by atomic mass is 9.87. The molecule has 0 heterocycles. The number of ether oxygens (including phenoxy) is 1. The van der Waals surface area contributed by atoms with Gasteiger partial charge in [0.1, 0.15) is 17.3 Å². The minimum absolute atomic E-state index is 0.151. The summed E-state index contributed by atoms with van der Waals surface area (Å²) in [7, 11) is 0. The predicted molar refractivity (Wildman–Crippen MR) is 110 cm³/mol. The van der Waals surface area contributed by atoms with Crippen LogP contribution in [0.25, 0.3) is 11.1 Å². The van der Waals surface area contributed by atoms with Gasteiger partial charge in [-0.25, -0.2) is 4.39 Å². The van der Waals surface area contributed by atoms with Crippen molar-refractivity contribution in [2.45, 2.75) is 52.9 Å². The molecule has 0 aromatic heterocycles. The molecule has 0 unspecified atom stereocenters. The van der Waals surface area contributed by atoms with Crippen molar-refractivity contribution >= 4 is 0 Å². The maximum Gasteiger partial charge on any atom is 0.127 e. The Kier molecular flexibility index (Phi) is 7.66. The molecule has 0 fully saturated rings. The number of halogens is 1. The second-order valence-corrected chi connectivity index (χ2v) is 7.86. The number of rotatable bonds is 10. The van der Waals surface area contributed by atoms with Gasteiger partial charge in [-0.3, -0.25) is 0 Å². The average Bonchev–Trinajstić information content (AvgIpc) is 2.65. The predicted octanol–water partition coefficient (Wildman–Crippen LogP) is 5.68. The number of aromatic hydroxyl groups is 1. The third kappa shape index (κ3) is 6.24. The molecule has 148 valence electrons. The van der Waals surface area contributed by atoms with E-state index in [0.717, 1.165) is 49.0 Å². The van der Waals surface area contributed by atoms with Gasteiger partial charge in [0, 0.05) is 11.6 Å². The first-order chi connectivity index (χ1) is 12.9. The van der Waals surface area contributed by atoms with E-state index in [0.29, 0.717) is 18.7 Å². The Hall–Kier alpha value is -2.07. The van der Waals surface area contributed by atoms with Crippen molar-refractivity contribution < 1.29 is 14.2 Å². The first-order valence-corrected chi connectivity index (χ1v) is 9.81. The zero-order chi connectivity index (χ0) is 19.9. The number of phenols is 1. The molecule has 0 amide bonds. The summed E-state index contributed by atoms with van der Waals surface area (Å²) >= 11 is 0. The molecular weight excluding hydrogens is 341 g/mol. The van der Waals surface area contributed by atoms with Crippen LogP contribution in [0.1, 0.15) is 52.0 Å². The summed E-state index contributed by atoms with van der Waals surface area (Å²) in [6, 6.07) is 9.75. The molecule has 0 saturated carbocycles. The standard InChI is InChI=1S/C23H32FNO2/c1-4-17-14-20(18-8-10-19(24)11-9-18)21(26)15-22(17)27-13-7-5-6-12-23(2,3)16-25/h8-11,14-15,26H,4-7,12-13,16,25H2,1-3H3. The quantitative estimate of drug-likeness (QED) is 0.526. The molecule has 2 aromatic rings. The van der Waals surface area contributed by atoms with Gasteiger partial charge in [-0.15, -0.1) is 0 Å². The van der Waals surface area contributed by atoms with Gasteiger partial charge < -0.3 is 15.6 Å². The van der Waals surface area contributed by atoms with Gasteiger partial charge in [-0.05, 0) is 60.5 Å². The average molecular weight is 374 g/mol. The number of nitrogens with two attached hydrogens (primary N) is 1. The number of hydrogen-bond acceptors (Lipinski definition) is 3. The molecule has 0 bridgehead atoms. The Morgan fingerprint density at radius 3 is 2.41 bits per heavy atom. The van der Waals surface area contributed by atoms with Crippen LogP contribution in [0.5, 0.6) is 11.5 Å². The van der Waals surface area contributed by atoms with Gasteiger partial charge in [0.2, 0.25) is 0 Å². The molecule has 0 aliphatic rings. The number of unbranched alkanes of at least 4 members (excludes halogenated alkanes) is 2. The van der Waals surface area contributed by atoms with Crippen molar-refractivity contribution in [3.8, 4) is 22.6 Å². The topological polar surface area (TPSA) is 55.5 Å². The van der Waals surface area contributed by atoms with Crippen LogP contribution >= 0.6 is 0 Å². The number of hydrogen-bond donors (Lipinski definition) is 2. The summed E-state index contributed by atoms with van der Waals surface area (Å²) in [5, 5.41) is 10.4. The van der Waals surface area contributed by atoms with E-state index in [4.69, 9.17) is 10.5 Å². The van der Waals surface area contributed by atoms with Crippen molar-refractivity contribution in [1.82, 2.24) is 0 Å². The van der Waals surface area contributed by atoms with E-state index < -0.39 is 0 Å². The zero-order valence-corrected chi connectivity index (χ0v) is 16.7. The normalized spacial score (nSPS) is 11.6. The van der Waals surface area contributed by atoms with Crippen molar-refractivity contribution in [2.75, 3.05) is 13.2 Å². The second-order valence-electron chi connectivity index (χ2n) is 7.86. The van der Waals surface area contributed by atoms with Crippen LogP contribution in [0.2, 0.25) is 0 Å². The van der Waals surface area contributed by atoms with Crippen LogP contribution in [0.3, 0.4) is 0 Å². The third-order valence-electron chi connectivity index (χ3n) is 5.02. The lowest BCUT2D eigenvalue weighted by Crippen LogP contribution is -2.23. The number of aryl methyl sites for hydroxylation is 1. The van der Waals surface area contributed by atoms with Gasteiger partial charge in [-0.1, -0.05) is 45.7 Å². The summed E-state index contributed by atoms with van der Waals surface area (Å²) in [6.07, 6.45) is 5.14. The molecule has 2 aromatic carbocycles. The van der Waals surface area contributed by atoms with Crippen molar-refractivity contribution in [1.29, 1.82) is 0 Å². The fourth-order valence-electron chi connectivity index (χ4n) is 3.05. The summed E-state index contributed by atoms with van der Waals surface area (Å²) in [5.74, 6) is 0.588. The number of benzene rings is 2. The Morgan fingerprint density at radius 2 is 1.78 bits per heavy atom. The molecule has 4 heteroatoms. The van der Waals surface area contributed by atoms with Crippen LogP contribution in [-0.4, -0.2) is 18.3 Å². The van der Waals surface area contributed by atoms with E-state index in [9.17, 15) is 9.50 Å². The zero-order valence-electron chi connectivity index (χ0n) is 16.7. The number of phenolic OH excluding ortho intramolecular Hbond substituents is 1. The van der Waals surface area contributed by atoms with E-state index in [1.165, 1.54) is 12.1 Å². The minimum atomic E-state index is -0.288. The maximum absolute atomic E-state index is 13.1. The molecule has 0 spiro atoms. The Bertz CT molecular complexity index is 726. The monoisotopic (exact) mass is 373 g/mol. The molecule has 0 aliphatic carbocycles. The van der Waals surface area contributed by atoms with Gasteiger partial charge in [0.15, 0.2) is 0 Å². The Balaban J connectivity index is 1.95. The molecule has 2 rings (SSSR count). The largest absolute Gasteiger partial charge is 0.507 e. The van der Waals surface area contributed by atoms with Crippen molar-refractivity contribution in [2.24, 2.45) is 11.1 Å². The smallest absolute Gasteiger partial charge is 0.127 e. The first-order valence-electron chi connectivity index (χ1n) is 9.81. The molecule has 27 heavy (non-hydrogen) atoms. The molecule has 0 atom stereocenters. The third-order valence-corrected chi connectivity index (χ3v) is 5.02. The van der Waals surface area contributed by atoms with Gasteiger partial charge in [-0.2, -0.15) is 0 Å². The fourth-order valence-corrected chi connectivity index (χ4v) is 3.05. The van der Waals surface area contributed by atoms with Crippen LogP contribution in [0.15, 0.2) is 36.4 Å². The summed E-state index contributed by atoms with van der Waals surface area (Å²) in [4.78, 5) is 0. The highest BCUT2D eigenvalue weighted by Crippen LogP contribution is 2.36. The first kappa shape index (κ1) is 21.2. The van der Waals surface area contributed by atoms with Crippen molar-refractivity contribution in [3.05, 3.63) is 47.8 Å². The van der Waals surface area contributed by atoms with E-state index in [1.54, 1.807) is 18.2 Å². The van der Waals surface area contributed by atoms with E-state index >= 15 is 0 Å². The van der Waals surface area contributed by atoms with Crippen LogP contribution in [-0.2, 0) is 6.42 Å². The molecule has 0 radical (unpaired) electrons. The van der Waals surface area contributed by atoms with E-state index in [1.807, 2.05) is 6.07 Å². The van der Waals surface area contributed by atoms with Crippen LogP contribution < -0.4 is 10.5 Å². The lowest BCUT2D eigenvalue weighted by molar-refractivity contribution is 0.287. The van der Waals surface area contributed by atoms with Gasteiger partial charge in [0.25, 0.3) is 0 Å². The summed E-state index contributed by atoms with van der Waals surface area (Å²) in [6.45, 7) is 7.79. The fraction of sp³-hybridized carbons (Fsp3) is 0.478. The Morgan fingerprint density at radius 1 is 1.07 bits per heavy atom. The highest BCUT2D eigenvalue weighted by atomic mass is 19.1. The second kappa shape index (κ2) is 9.75. The van der Waals surface area contributed by atoms with E-state index in [2.05, 4.69) is 20.8 Å². The molecule has 0 aliphatic heterocycles. The maximum atomic E-state index is 13.1.